The fourth-order valence-corrected chi connectivity index (χ4v) is 1.45. The highest BCUT2D eigenvalue weighted by molar-refractivity contribution is 6.29. The molecular weight excluding hydrogens is 276 g/mol. The predicted octanol–water partition coefficient (Wildman–Crippen LogP) is 2.96. The largest absolute Gasteiger partial charge is 0.456 e. The van der Waals surface area contributed by atoms with Gasteiger partial charge in [0.05, 0.1) is 0 Å². The van der Waals surface area contributed by atoms with Crippen LogP contribution in [0.25, 0.3) is 6.08 Å². The van der Waals surface area contributed by atoms with E-state index in [0.717, 1.165) is 11.3 Å². The van der Waals surface area contributed by atoms with Crippen LogP contribution >= 0.6 is 11.6 Å². The second-order valence-corrected chi connectivity index (χ2v) is 4.78. The highest BCUT2D eigenvalue weighted by Gasteiger charge is 2.10. The molecule has 0 unspecified atom stereocenters. The molecule has 0 aliphatic rings. The van der Waals surface area contributed by atoms with E-state index in [0.29, 0.717) is 0 Å². The van der Waals surface area contributed by atoms with Crippen molar-refractivity contribution in [2.45, 2.75) is 0 Å². The van der Waals surface area contributed by atoms with Gasteiger partial charge in [0, 0.05) is 24.8 Å². The lowest BCUT2D eigenvalue weighted by Crippen LogP contribution is -2.08. The van der Waals surface area contributed by atoms with E-state index in [-0.39, 0.29) is 17.2 Å². The number of carbonyl (C=O) groups is 1. The Hall–Kier alpha value is -2.25. The molecule has 20 heavy (non-hydrogen) atoms. The Balaban J connectivity index is 2.86. The molecule has 0 heterocycles. The molecule has 0 bridgehead atoms. The van der Waals surface area contributed by atoms with E-state index >= 15 is 0 Å². The van der Waals surface area contributed by atoms with Crippen LogP contribution in [-0.2, 0) is 9.53 Å². The maximum absolute atomic E-state index is 11.6. The van der Waals surface area contributed by atoms with Crippen molar-refractivity contribution in [3.8, 4) is 6.07 Å². The molecule has 0 fully saturated rings. The number of hydrogen-bond donors (Lipinski definition) is 0. The van der Waals surface area contributed by atoms with Gasteiger partial charge < -0.3 is 9.64 Å². The van der Waals surface area contributed by atoms with Crippen LogP contribution in [0.2, 0.25) is 0 Å². The predicted molar refractivity (Wildman–Crippen MR) is 80.3 cm³/mol. The van der Waals surface area contributed by atoms with Crippen molar-refractivity contribution >= 4 is 29.3 Å². The fourth-order valence-electron chi connectivity index (χ4n) is 1.39. The van der Waals surface area contributed by atoms with Crippen molar-refractivity contribution < 1.29 is 9.53 Å². The standard InChI is InChI=1S/C15H15ClN2O2/c1-11(16)10-20-15(19)13(9-17)8-12-4-6-14(7-5-12)18(2)3/h4-8H,1,10H2,2-3H3/b13-8+. The van der Waals surface area contributed by atoms with Crippen LogP contribution in [0.3, 0.4) is 0 Å². The molecule has 0 aromatic heterocycles. The van der Waals surface area contributed by atoms with Crippen LogP contribution in [-0.4, -0.2) is 26.7 Å². The number of hydrogen-bond acceptors (Lipinski definition) is 4. The fraction of sp³-hybridized carbons (Fsp3) is 0.200. The van der Waals surface area contributed by atoms with Gasteiger partial charge in [0.25, 0.3) is 0 Å². The van der Waals surface area contributed by atoms with Crippen molar-refractivity contribution in [1.29, 1.82) is 5.26 Å². The highest BCUT2D eigenvalue weighted by atomic mass is 35.5. The van der Waals surface area contributed by atoms with Crippen molar-refractivity contribution in [2.75, 3.05) is 25.6 Å². The molecule has 1 aromatic carbocycles. The van der Waals surface area contributed by atoms with Gasteiger partial charge in [-0.15, -0.1) is 0 Å². The lowest BCUT2D eigenvalue weighted by atomic mass is 10.1. The molecule has 0 saturated carbocycles. The highest BCUT2D eigenvalue weighted by Crippen LogP contribution is 2.15. The second kappa shape index (κ2) is 7.37. The van der Waals surface area contributed by atoms with Crippen molar-refractivity contribution in [2.24, 2.45) is 0 Å². The van der Waals surface area contributed by atoms with Gasteiger partial charge in [-0.25, -0.2) is 4.79 Å². The lowest BCUT2D eigenvalue weighted by Gasteiger charge is -2.11. The molecule has 0 atom stereocenters. The van der Waals surface area contributed by atoms with Crippen molar-refractivity contribution in [3.63, 3.8) is 0 Å². The second-order valence-electron chi connectivity index (χ2n) is 4.25. The maximum Gasteiger partial charge on any atom is 0.349 e. The quantitative estimate of drug-likeness (QED) is 0.475. The van der Waals surface area contributed by atoms with Crippen LogP contribution in [0.15, 0.2) is 41.4 Å². The minimum Gasteiger partial charge on any atom is -0.456 e. The number of nitrogens with zero attached hydrogens (tertiary/aromatic N) is 2. The molecule has 0 spiro atoms. The maximum atomic E-state index is 11.6. The summed E-state index contributed by atoms with van der Waals surface area (Å²) >= 11 is 5.50. The number of halogens is 1. The van der Waals surface area contributed by atoms with E-state index in [1.807, 2.05) is 49.3 Å². The molecule has 1 rings (SSSR count). The molecule has 104 valence electrons. The molecule has 0 saturated heterocycles. The van der Waals surface area contributed by atoms with Crippen LogP contribution < -0.4 is 4.90 Å². The van der Waals surface area contributed by atoms with Crippen molar-refractivity contribution in [1.82, 2.24) is 0 Å². The molecular formula is C15H15ClN2O2. The average Bonchev–Trinajstić information content (AvgIpc) is 2.42. The zero-order chi connectivity index (χ0) is 15.1. The average molecular weight is 291 g/mol. The lowest BCUT2D eigenvalue weighted by molar-refractivity contribution is -0.137. The van der Waals surface area contributed by atoms with Gasteiger partial charge in [-0.2, -0.15) is 5.26 Å². The summed E-state index contributed by atoms with van der Waals surface area (Å²) in [5.74, 6) is -0.717. The topological polar surface area (TPSA) is 53.3 Å². The third kappa shape index (κ3) is 4.79. The Kier molecular flexibility index (Phi) is 5.82. The summed E-state index contributed by atoms with van der Waals surface area (Å²) in [6.07, 6.45) is 1.47. The zero-order valence-corrected chi connectivity index (χ0v) is 12.1. The number of ether oxygens (including phenoxy) is 1. The van der Waals surface area contributed by atoms with Crippen LogP contribution in [0.1, 0.15) is 5.56 Å². The Morgan fingerprint density at radius 1 is 1.45 bits per heavy atom. The van der Waals surface area contributed by atoms with E-state index in [4.69, 9.17) is 21.6 Å². The molecule has 0 N–H and O–H groups in total. The summed E-state index contributed by atoms with van der Waals surface area (Å²) in [7, 11) is 3.86. The normalized spacial score (nSPS) is 10.6. The number of anilines is 1. The summed E-state index contributed by atoms with van der Waals surface area (Å²) in [4.78, 5) is 13.6. The Morgan fingerprint density at radius 2 is 2.05 bits per heavy atom. The third-order valence-corrected chi connectivity index (χ3v) is 2.53. The first-order valence-electron chi connectivity index (χ1n) is 5.83. The summed E-state index contributed by atoms with van der Waals surface area (Å²) in [6, 6.07) is 9.25. The molecule has 5 heteroatoms. The first kappa shape index (κ1) is 15.8. The van der Waals surface area contributed by atoms with E-state index in [9.17, 15) is 4.79 Å². The Morgan fingerprint density at radius 3 is 2.50 bits per heavy atom. The smallest absolute Gasteiger partial charge is 0.349 e. The SMILES string of the molecule is C=C(Cl)COC(=O)/C(C#N)=C/c1ccc(N(C)C)cc1. The minimum atomic E-state index is -0.717. The molecule has 0 aliphatic heterocycles. The first-order chi connectivity index (χ1) is 9.43. The van der Waals surface area contributed by atoms with Gasteiger partial charge in [-0.05, 0) is 23.8 Å². The molecule has 4 nitrogen and oxygen atoms in total. The third-order valence-electron chi connectivity index (χ3n) is 2.42. The Labute approximate surface area is 123 Å². The van der Waals surface area contributed by atoms with Crippen LogP contribution in [0.5, 0.6) is 0 Å². The van der Waals surface area contributed by atoms with Gasteiger partial charge >= 0.3 is 5.97 Å². The van der Waals surface area contributed by atoms with Gasteiger partial charge in [0.2, 0.25) is 0 Å². The molecule has 0 amide bonds. The molecule has 0 aliphatic carbocycles. The summed E-state index contributed by atoms with van der Waals surface area (Å²) in [5, 5.41) is 9.18. The first-order valence-corrected chi connectivity index (χ1v) is 6.21. The number of rotatable bonds is 5. The zero-order valence-electron chi connectivity index (χ0n) is 11.4. The summed E-state index contributed by atoms with van der Waals surface area (Å²) < 4.78 is 4.82. The van der Waals surface area contributed by atoms with E-state index in [1.54, 1.807) is 0 Å². The van der Waals surface area contributed by atoms with Crippen LogP contribution in [0.4, 0.5) is 5.69 Å². The number of benzene rings is 1. The Bertz CT molecular complexity index is 569. The molecule has 0 radical (unpaired) electrons. The number of nitriles is 1. The van der Waals surface area contributed by atoms with Crippen molar-refractivity contribution in [3.05, 3.63) is 47.0 Å². The monoisotopic (exact) mass is 290 g/mol. The summed E-state index contributed by atoms with van der Waals surface area (Å²) in [6.45, 7) is 3.29. The van der Waals surface area contributed by atoms with E-state index < -0.39 is 5.97 Å². The van der Waals surface area contributed by atoms with E-state index in [2.05, 4.69) is 6.58 Å². The van der Waals surface area contributed by atoms with Gasteiger partial charge in [-0.3, -0.25) is 0 Å². The minimum absolute atomic E-state index is 0.0829. The van der Waals surface area contributed by atoms with Gasteiger partial charge in [0.1, 0.15) is 18.2 Å². The van der Waals surface area contributed by atoms with Gasteiger partial charge in [0.15, 0.2) is 0 Å². The number of esters is 1. The van der Waals surface area contributed by atoms with Crippen LogP contribution in [0, 0.1) is 11.3 Å². The van der Waals surface area contributed by atoms with E-state index in [1.165, 1.54) is 6.08 Å². The summed E-state index contributed by atoms with van der Waals surface area (Å²) in [5.41, 5.74) is 1.69. The number of carbonyl (C=O) groups excluding carboxylic acids is 1. The molecule has 1 aromatic rings. The van der Waals surface area contributed by atoms with Gasteiger partial charge in [-0.1, -0.05) is 30.3 Å².